The molecule has 20 heteroatoms. The molecule has 0 saturated heterocycles. The molecule has 20 nitrogen and oxygen atoms in total. The number of carbonyl (C=O) groups excluding carboxylic acids is 4. The van der Waals surface area contributed by atoms with Gasteiger partial charge in [0.2, 0.25) is 23.6 Å². The van der Waals surface area contributed by atoms with Crippen LogP contribution in [0.25, 0.3) is 0 Å². The van der Waals surface area contributed by atoms with Crippen LogP contribution in [0.3, 0.4) is 0 Å². The second kappa shape index (κ2) is 43.8. The van der Waals surface area contributed by atoms with Crippen molar-refractivity contribution in [3.05, 3.63) is 0 Å². The predicted molar refractivity (Wildman–Crippen MR) is 240 cm³/mol. The van der Waals surface area contributed by atoms with Gasteiger partial charge in [-0.15, -0.1) is 0 Å². The van der Waals surface area contributed by atoms with Crippen molar-refractivity contribution in [1.29, 1.82) is 0 Å². The van der Waals surface area contributed by atoms with Gasteiger partial charge in [0, 0.05) is 45.6 Å². The van der Waals surface area contributed by atoms with Crippen LogP contribution in [-0.2, 0) is 52.5 Å². The molecule has 0 aromatic rings. The number of carboxylic acid groups (broad SMARTS) is 3. The Morgan fingerprint density at radius 2 is 0.844 bits per heavy atom. The summed E-state index contributed by atoms with van der Waals surface area (Å²) in [6.45, 7) is 4.95. The van der Waals surface area contributed by atoms with Crippen molar-refractivity contribution >= 4 is 48.3 Å². The highest BCUT2D eigenvalue weighted by Crippen LogP contribution is 2.14. The molecular formula is C44H80N6O14. The lowest BCUT2D eigenvalue weighted by Gasteiger charge is -2.14. The van der Waals surface area contributed by atoms with E-state index in [0.717, 1.165) is 38.5 Å². The minimum absolute atomic E-state index is 0.0300. The zero-order chi connectivity index (χ0) is 47.3. The molecule has 0 saturated carbocycles. The summed E-state index contributed by atoms with van der Waals surface area (Å²) in [7, 11) is 0. The van der Waals surface area contributed by atoms with E-state index in [9.17, 15) is 38.7 Å². The molecule has 0 aliphatic rings. The van der Waals surface area contributed by atoms with Crippen LogP contribution in [0, 0.1) is 0 Å². The van der Waals surface area contributed by atoms with E-state index in [4.69, 9.17) is 29.2 Å². The molecular weight excluding hydrogens is 837 g/mol. The van der Waals surface area contributed by atoms with Crippen LogP contribution in [0.4, 0.5) is 0 Å². The lowest BCUT2D eigenvalue weighted by Crippen LogP contribution is -2.41. The summed E-state index contributed by atoms with van der Waals surface area (Å²) in [6, 6.07) is -1.95. The lowest BCUT2D eigenvalue weighted by atomic mass is 10.0. The summed E-state index contributed by atoms with van der Waals surface area (Å²) in [5, 5.41) is 41.1. The Bertz CT molecular complexity index is 1280. The van der Waals surface area contributed by atoms with E-state index in [1.165, 1.54) is 57.8 Å². The summed E-state index contributed by atoms with van der Waals surface area (Å²) in [6.07, 6.45) is 19.8. The molecule has 0 heterocycles. The maximum absolute atomic E-state index is 12.3. The maximum atomic E-state index is 12.3. The molecule has 0 fully saturated rings. The highest BCUT2D eigenvalue weighted by molar-refractivity contribution is 5.84. The number of nitrogens with zero attached hydrogens (tertiary/aromatic N) is 1. The average Bonchev–Trinajstić information content (AvgIpc) is 3.25. The molecule has 0 aromatic heterocycles. The highest BCUT2D eigenvalue weighted by Gasteiger charge is 2.21. The third kappa shape index (κ3) is 41.6. The van der Waals surface area contributed by atoms with Crippen molar-refractivity contribution in [3.8, 4) is 0 Å². The predicted octanol–water partition coefficient (Wildman–Crippen LogP) is 3.69. The van der Waals surface area contributed by atoms with Crippen LogP contribution in [-0.4, -0.2) is 148 Å². The molecule has 370 valence electrons. The Balaban J connectivity index is 3.65. The molecule has 0 radical (unpaired) electrons. The van der Waals surface area contributed by atoms with Gasteiger partial charge in [-0.25, -0.2) is 9.59 Å². The minimum Gasteiger partial charge on any atom is -0.481 e. The first-order chi connectivity index (χ1) is 31.0. The Kier molecular flexibility index (Phi) is 40.8. The van der Waals surface area contributed by atoms with Crippen molar-refractivity contribution in [2.75, 3.05) is 72.5 Å². The molecule has 64 heavy (non-hydrogen) atoms. The molecule has 2 atom stereocenters. The Morgan fingerprint density at radius 3 is 1.30 bits per heavy atom. The third-order valence-electron chi connectivity index (χ3n) is 9.97. The Morgan fingerprint density at radius 1 is 0.422 bits per heavy atom. The number of hydrazone groups is 1. The van der Waals surface area contributed by atoms with Crippen LogP contribution in [0.5, 0.6) is 0 Å². The van der Waals surface area contributed by atoms with Gasteiger partial charge in [-0.2, -0.15) is 5.10 Å². The van der Waals surface area contributed by atoms with Crippen molar-refractivity contribution in [2.45, 2.75) is 160 Å². The number of carbonyl (C=O) groups is 7. The van der Waals surface area contributed by atoms with Crippen molar-refractivity contribution in [3.63, 3.8) is 0 Å². The molecule has 0 rings (SSSR count). The summed E-state index contributed by atoms with van der Waals surface area (Å²) < 4.78 is 21.3. The smallest absolute Gasteiger partial charge is 0.327 e. The van der Waals surface area contributed by atoms with E-state index in [0.29, 0.717) is 32.2 Å². The second-order valence-corrected chi connectivity index (χ2v) is 15.6. The number of unbranched alkanes of at least 4 members (excludes halogenated alkanes) is 16. The summed E-state index contributed by atoms with van der Waals surface area (Å²) in [5.41, 5.74) is 2.42. The second-order valence-electron chi connectivity index (χ2n) is 15.6. The summed E-state index contributed by atoms with van der Waals surface area (Å²) in [4.78, 5) is 81.5. The fourth-order valence-electron chi connectivity index (χ4n) is 6.38. The average molecular weight is 917 g/mol. The first-order valence-electron chi connectivity index (χ1n) is 23.2. The number of ether oxygens (including phenoxy) is 4. The molecule has 0 aliphatic carbocycles. The van der Waals surface area contributed by atoms with Crippen LogP contribution >= 0.6 is 0 Å². The van der Waals surface area contributed by atoms with E-state index >= 15 is 0 Å². The van der Waals surface area contributed by atoms with E-state index < -0.39 is 30.0 Å². The van der Waals surface area contributed by atoms with Crippen molar-refractivity contribution < 1.29 is 67.8 Å². The quantitative estimate of drug-likeness (QED) is 0.0245. The van der Waals surface area contributed by atoms with Gasteiger partial charge in [0.15, 0.2) is 0 Å². The topological polar surface area (TPSA) is 290 Å². The molecule has 0 bridgehead atoms. The summed E-state index contributed by atoms with van der Waals surface area (Å²) >= 11 is 0. The standard InChI is InChI=1S/C44H80N6O14/c1-45-50-37(44(59)60)20-18-19-25-46-40(53)34-63-32-31-62-29-27-48-41(54)35-64-33-30-61-28-26-47-38(51)24-23-36(43(57)58)49-39(52)21-16-14-12-10-8-6-4-2-3-5-7-9-11-13-15-17-22-42(55)56/h36-37,50H,1-35H2,(H,46,53)(H,47,51)(H,48,54)(H,49,52)(H,55,56)(H,57,58)(H,59,60)/t36-,37-/m0/s1. The van der Waals surface area contributed by atoms with Gasteiger partial charge in [-0.05, 0) is 38.5 Å². The zero-order valence-electron chi connectivity index (χ0n) is 38.2. The van der Waals surface area contributed by atoms with E-state index in [1.807, 2.05) is 0 Å². The van der Waals surface area contributed by atoms with E-state index in [-0.39, 0.29) is 115 Å². The largest absolute Gasteiger partial charge is 0.481 e. The van der Waals surface area contributed by atoms with Crippen LogP contribution in [0.1, 0.15) is 148 Å². The Hall–Kier alpha value is -4.40. The lowest BCUT2D eigenvalue weighted by molar-refractivity contribution is -0.142. The number of hydrogen-bond acceptors (Lipinski definition) is 13. The normalized spacial score (nSPS) is 11.9. The van der Waals surface area contributed by atoms with E-state index in [1.54, 1.807) is 0 Å². The molecule has 0 aromatic carbocycles. The number of hydrogen-bond donors (Lipinski definition) is 8. The van der Waals surface area contributed by atoms with Gasteiger partial charge in [-0.3, -0.25) is 29.4 Å². The fraction of sp³-hybridized carbons (Fsp3) is 0.818. The number of aliphatic carboxylic acids is 3. The SMILES string of the molecule is C=NN[C@@H](CCCCNC(=O)COCCOCCNC(=O)COCCOCCNC(=O)CC[C@H](NC(=O)CCCCCCCCCCCCCCCCCCC(=O)O)C(=O)O)C(=O)O. The summed E-state index contributed by atoms with van der Waals surface area (Å²) in [5.74, 6) is -4.22. The fourth-order valence-corrected chi connectivity index (χ4v) is 6.38. The van der Waals surface area contributed by atoms with Gasteiger partial charge < -0.3 is 55.5 Å². The highest BCUT2D eigenvalue weighted by atomic mass is 16.5. The monoisotopic (exact) mass is 917 g/mol. The van der Waals surface area contributed by atoms with Gasteiger partial charge in [0.1, 0.15) is 25.3 Å². The number of amides is 4. The van der Waals surface area contributed by atoms with Crippen molar-refractivity contribution in [2.24, 2.45) is 5.10 Å². The zero-order valence-corrected chi connectivity index (χ0v) is 38.2. The van der Waals surface area contributed by atoms with Gasteiger partial charge in [0.25, 0.3) is 0 Å². The van der Waals surface area contributed by atoms with Crippen LogP contribution in [0.2, 0.25) is 0 Å². The molecule has 0 unspecified atom stereocenters. The maximum Gasteiger partial charge on any atom is 0.327 e. The van der Waals surface area contributed by atoms with Gasteiger partial charge in [-0.1, -0.05) is 89.9 Å². The number of rotatable bonds is 48. The molecule has 4 amide bonds. The van der Waals surface area contributed by atoms with Crippen molar-refractivity contribution in [1.82, 2.24) is 26.7 Å². The third-order valence-corrected chi connectivity index (χ3v) is 9.97. The first-order valence-corrected chi connectivity index (χ1v) is 23.2. The van der Waals surface area contributed by atoms with E-state index in [2.05, 4.69) is 38.5 Å². The first kappa shape index (κ1) is 59.6. The number of nitrogens with one attached hydrogen (secondary N) is 5. The van der Waals surface area contributed by atoms with Gasteiger partial charge in [0.05, 0.1) is 39.6 Å². The van der Waals surface area contributed by atoms with Gasteiger partial charge >= 0.3 is 17.9 Å². The molecule has 0 spiro atoms. The Labute approximate surface area is 379 Å². The number of carboxylic acids is 3. The van der Waals surface area contributed by atoms with Crippen LogP contribution < -0.4 is 26.7 Å². The molecule has 8 N–H and O–H groups in total. The minimum atomic E-state index is -1.19. The molecule has 0 aliphatic heterocycles. The van der Waals surface area contributed by atoms with Crippen LogP contribution in [0.15, 0.2) is 5.10 Å².